The first-order chi connectivity index (χ1) is 17.3. The molecule has 0 aliphatic rings. The fraction of sp³-hybridized carbons (Fsp3) is 0.360. The number of nitrogens with one attached hydrogen (secondary N) is 1. The zero-order chi connectivity index (χ0) is 26.1. The first kappa shape index (κ1) is 26.3. The summed E-state index contributed by atoms with van der Waals surface area (Å²) in [6, 6.07) is 12.2. The van der Waals surface area contributed by atoms with Gasteiger partial charge in [-0.1, -0.05) is 23.4 Å². The van der Waals surface area contributed by atoms with E-state index in [0.717, 1.165) is 11.3 Å². The first-order valence-corrected chi connectivity index (χ1v) is 11.5. The third-order valence-corrected chi connectivity index (χ3v) is 5.04. The van der Waals surface area contributed by atoms with Crippen molar-refractivity contribution in [2.24, 2.45) is 0 Å². The molecular weight excluding hydrogens is 468 g/mol. The lowest BCUT2D eigenvalue weighted by Gasteiger charge is -2.19. The average Bonchev–Trinajstić information content (AvgIpc) is 3.31. The Hall–Kier alpha value is -4.28. The molecule has 1 N–H and O–H groups in total. The van der Waals surface area contributed by atoms with Gasteiger partial charge >= 0.3 is 5.97 Å². The van der Waals surface area contributed by atoms with E-state index in [1.54, 1.807) is 44.2 Å². The maximum atomic E-state index is 12.7. The summed E-state index contributed by atoms with van der Waals surface area (Å²) in [7, 11) is 0. The van der Waals surface area contributed by atoms with Crippen LogP contribution in [0.1, 0.15) is 51.1 Å². The van der Waals surface area contributed by atoms with Crippen LogP contribution >= 0.6 is 0 Å². The molecule has 11 nitrogen and oxygen atoms in total. The number of aromatic nitrogens is 2. The minimum absolute atomic E-state index is 0.0265. The molecule has 1 aromatic heterocycles. The maximum absolute atomic E-state index is 12.7. The summed E-state index contributed by atoms with van der Waals surface area (Å²) >= 11 is 0. The molecule has 0 saturated heterocycles. The van der Waals surface area contributed by atoms with E-state index in [-0.39, 0.29) is 42.5 Å². The Morgan fingerprint density at radius 3 is 2.53 bits per heavy atom. The number of amides is 1. The maximum Gasteiger partial charge on any atom is 0.308 e. The third kappa shape index (κ3) is 7.36. The monoisotopic (exact) mass is 496 g/mol. The highest BCUT2D eigenvalue weighted by Crippen LogP contribution is 2.28. The quantitative estimate of drug-likeness (QED) is 0.221. The summed E-state index contributed by atoms with van der Waals surface area (Å²) in [5.41, 5.74) is 0.752. The Balaban J connectivity index is 1.67. The number of benzene rings is 2. The molecule has 0 fully saturated rings. The molecule has 3 rings (SSSR count). The number of carbonyl (C=O) groups excluding carboxylic acids is 2. The van der Waals surface area contributed by atoms with Gasteiger partial charge in [-0.2, -0.15) is 4.98 Å². The highest BCUT2D eigenvalue weighted by molar-refractivity contribution is 5.78. The standard InChI is InChI=1S/C25H28N4O7/c1-4-34-18-11-9-17(10-12-18)25-27-23(36-28-25)14-13-22(30)26-20(15-24(31)35-16(2)3)19-7-5-6-8-21(19)29(32)33/h5-12,16,20H,4,13-15H2,1-3H3,(H,26,30). The second kappa shape index (κ2) is 12.4. The molecule has 0 radical (unpaired) electrons. The molecule has 0 bridgehead atoms. The number of carbonyl (C=O) groups is 2. The van der Waals surface area contributed by atoms with Crippen LogP contribution in [0.25, 0.3) is 11.4 Å². The number of hydrogen-bond donors (Lipinski definition) is 1. The van der Waals surface area contributed by atoms with Gasteiger partial charge in [-0.3, -0.25) is 19.7 Å². The van der Waals surface area contributed by atoms with E-state index in [1.807, 2.05) is 6.92 Å². The van der Waals surface area contributed by atoms with E-state index < -0.39 is 22.8 Å². The molecule has 36 heavy (non-hydrogen) atoms. The summed E-state index contributed by atoms with van der Waals surface area (Å²) in [5.74, 6) is 0.354. The summed E-state index contributed by atoms with van der Waals surface area (Å²) in [5, 5.41) is 18.2. The molecule has 2 aromatic carbocycles. The van der Waals surface area contributed by atoms with Crippen molar-refractivity contribution >= 4 is 17.6 Å². The van der Waals surface area contributed by atoms with Gasteiger partial charge in [0.15, 0.2) is 0 Å². The fourth-order valence-corrected chi connectivity index (χ4v) is 3.49. The molecule has 1 atom stereocenters. The van der Waals surface area contributed by atoms with Gasteiger partial charge in [0, 0.05) is 24.5 Å². The number of rotatable bonds is 12. The van der Waals surface area contributed by atoms with Gasteiger partial charge in [-0.15, -0.1) is 0 Å². The predicted molar refractivity (Wildman–Crippen MR) is 129 cm³/mol. The van der Waals surface area contributed by atoms with Crippen LogP contribution in [0, 0.1) is 10.1 Å². The molecule has 0 aliphatic carbocycles. The lowest BCUT2D eigenvalue weighted by Crippen LogP contribution is -2.31. The van der Waals surface area contributed by atoms with Crippen LogP contribution in [-0.4, -0.2) is 39.7 Å². The molecule has 190 valence electrons. The molecule has 1 unspecified atom stereocenters. The normalized spacial score (nSPS) is 11.7. The van der Waals surface area contributed by atoms with Crippen LogP contribution < -0.4 is 10.1 Å². The van der Waals surface area contributed by atoms with Gasteiger partial charge < -0.3 is 19.3 Å². The molecule has 11 heteroatoms. The highest BCUT2D eigenvalue weighted by Gasteiger charge is 2.26. The number of hydrogen-bond acceptors (Lipinski definition) is 9. The summed E-state index contributed by atoms with van der Waals surface area (Å²) < 4.78 is 15.9. The van der Waals surface area contributed by atoms with E-state index in [0.29, 0.717) is 12.4 Å². The van der Waals surface area contributed by atoms with Crippen molar-refractivity contribution in [3.8, 4) is 17.1 Å². The van der Waals surface area contributed by atoms with Crippen molar-refractivity contribution in [1.82, 2.24) is 15.5 Å². The summed E-state index contributed by atoms with van der Waals surface area (Å²) in [6.07, 6.45) is -0.490. The molecule has 1 amide bonds. The predicted octanol–water partition coefficient (Wildman–Crippen LogP) is 4.18. The number of aryl methyl sites for hydroxylation is 1. The zero-order valence-electron chi connectivity index (χ0n) is 20.3. The van der Waals surface area contributed by atoms with Crippen molar-refractivity contribution in [1.29, 1.82) is 0 Å². The van der Waals surface area contributed by atoms with Crippen LogP contribution in [0.4, 0.5) is 5.69 Å². The SMILES string of the molecule is CCOc1ccc(-c2noc(CCC(=O)NC(CC(=O)OC(C)C)c3ccccc3[N+](=O)[O-])n2)cc1. The van der Waals surface area contributed by atoms with Crippen LogP contribution in [0.5, 0.6) is 5.75 Å². The third-order valence-electron chi connectivity index (χ3n) is 5.04. The smallest absolute Gasteiger partial charge is 0.308 e. The largest absolute Gasteiger partial charge is 0.494 e. The number of ether oxygens (including phenoxy) is 2. The van der Waals surface area contributed by atoms with E-state index in [2.05, 4.69) is 15.5 Å². The van der Waals surface area contributed by atoms with Crippen LogP contribution in [0.2, 0.25) is 0 Å². The van der Waals surface area contributed by atoms with Gasteiger partial charge in [-0.05, 0) is 45.0 Å². The summed E-state index contributed by atoms with van der Waals surface area (Å²) in [4.78, 5) is 40.3. The topological polar surface area (TPSA) is 147 Å². The average molecular weight is 497 g/mol. The minimum Gasteiger partial charge on any atom is -0.494 e. The Morgan fingerprint density at radius 1 is 1.14 bits per heavy atom. The van der Waals surface area contributed by atoms with Crippen molar-refractivity contribution in [2.75, 3.05) is 6.61 Å². The Morgan fingerprint density at radius 2 is 1.86 bits per heavy atom. The molecule has 0 saturated carbocycles. The van der Waals surface area contributed by atoms with Gasteiger partial charge in [0.1, 0.15) is 5.75 Å². The molecule has 1 heterocycles. The number of nitro groups is 1. The van der Waals surface area contributed by atoms with Crippen LogP contribution in [0.3, 0.4) is 0 Å². The number of nitro benzene ring substituents is 1. The van der Waals surface area contributed by atoms with Crippen molar-refractivity contribution < 1.29 is 28.5 Å². The van der Waals surface area contributed by atoms with Gasteiger partial charge in [0.05, 0.1) is 35.7 Å². The Bertz CT molecular complexity index is 1190. The van der Waals surface area contributed by atoms with Crippen molar-refractivity contribution in [3.63, 3.8) is 0 Å². The number of esters is 1. The summed E-state index contributed by atoms with van der Waals surface area (Å²) in [6.45, 7) is 5.85. The van der Waals surface area contributed by atoms with Gasteiger partial charge in [-0.25, -0.2) is 0 Å². The number of nitrogens with zero attached hydrogens (tertiary/aromatic N) is 3. The second-order valence-corrected chi connectivity index (χ2v) is 8.15. The van der Waals surface area contributed by atoms with E-state index in [1.165, 1.54) is 18.2 Å². The van der Waals surface area contributed by atoms with Crippen LogP contribution in [-0.2, 0) is 20.7 Å². The van der Waals surface area contributed by atoms with E-state index >= 15 is 0 Å². The fourth-order valence-electron chi connectivity index (χ4n) is 3.49. The first-order valence-electron chi connectivity index (χ1n) is 11.5. The van der Waals surface area contributed by atoms with Crippen LogP contribution in [0.15, 0.2) is 53.1 Å². The molecular formula is C25H28N4O7. The Labute approximate surface area is 207 Å². The highest BCUT2D eigenvalue weighted by atomic mass is 16.6. The second-order valence-electron chi connectivity index (χ2n) is 8.15. The lowest BCUT2D eigenvalue weighted by atomic mass is 10.0. The van der Waals surface area contributed by atoms with Gasteiger partial charge in [0.25, 0.3) is 5.69 Å². The van der Waals surface area contributed by atoms with Crippen molar-refractivity contribution in [2.45, 2.75) is 52.2 Å². The minimum atomic E-state index is -0.938. The Kier molecular flexibility index (Phi) is 9.09. The number of para-hydroxylation sites is 1. The molecule has 0 aliphatic heterocycles. The lowest BCUT2D eigenvalue weighted by molar-refractivity contribution is -0.385. The van der Waals surface area contributed by atoms with E-state index in [9.17, 15) is 19.7 Å². The van der Waals surface area contributed by atoms with Crippen molar-refractivity contribution in [3.05, 3.63) is 70.1 Å². The molecule has 0 spiro atoms. The van der Waals surface area contributed by atoms with E-state index in [4.69, 9.17) is 14.0 Å². The molecule has 3 aromatic rings. The van der Waals surface area contributed by atoms with Gasteiger partial charge in [0.2, 0.25) is 17.6 Å². The zero-order valence-corrected chi connectivity index (χ0v) is 20.3.